The van der Waals surface area contributed by atoms with Gasteiger partial charge in [0.15, 0.2) is 11.5 Å². The molecular formula is C20H34N6O4SSi. The van der Waals surface area contributed by atoms with Crippen molar-refractivity contribution in [3.05, 3.63) is 18.5 Å². The summed E-state index contributed by atoms with van der Waals surface area (Å²) in [6.45, 7) is 9.02. The third kappa shape index (κ3) is 6.99. The van der Waals surface area contributed by atoms with Crippen LogP contribution in [0.4, 0.5) is 10.6 Å². The van der Waals surface area contributed by atoms with Crippen LogP contribution in [-0.2, 0) is 21.5 Å². The van der Waals surface area contributed by atoms with Gasteiger partial charge in [-0.05, 0) is 31.4 Å². The molecule has 32 heavy (non-hydrogen) atoms. The number of urea groups is 1. The van der Waals surface area contributed by atoms with Crippen LogP contribution in [0, 0.1) is 0 Å². The number of carbonyl (C=O) groups is 1. The van der Waals surface area contributed by atoms with Gasteiger partial charge < -0.3 is 14.6 Å². The molecule has 2 amide bonds. The number of carbonyl (C=O) groups excluding carboxylic acids is 1. The Labute approximate surface area is 190 Å². The van der Waals surface area contributed by atoms with Crippen LogP contribution in [0.5, 0.6) is 0 Å². The van der Waals surface area contributed by atoms with Gasteiger partial charge in [0, 0.05) is 40.0 Å². The molecule has 0 saturated carbocycles. The Hall–Kier alpha value is -2.02. The van der Waals surface area contributed by atoms with E-state index in [1.807, 2.05) is 16.8 Å². The molecule has 1 aliphatic heterocycles. The van der Waals surface area contributed by atoms with Crippen molar-refractivity contribution < 1.29 is 17.9 Å². The number of anilines is 1. The summed E-state index contributed by atoms with van der Waals surface area (Å²) in [5, 5.41) is 5.46. The summed E-state index contributed by atoms with van der Waals surface area (Å²) < 4.78 is 32.8. The van der Waals surface area contributed by atoms with Crippen LogP contribution in [0.25, 0.3) is 11.2 Å². The fourth-order valence-electron chi connectivity index (χ4n) is 3.71. The van der Waals surface area contributed by atoms with Crippen LogP contribution >= 0.6 is 0 Å². The van der Waals surface area contributed by atoms with Gasteiger partial charge in [0.25, 0.3) is 0 Å². The minimum Gasteiger partial charge on any atom is -0.361 e. The largest absolute Gasteiger partial charge is 0.361 e. The summed E-state index contributed by atoms with van der Waals surface area (Å²) >= 11 is 0. The van der Waals surface area contributed by atoms with Crippen LogP contribution in [-0.4, -0.2) is 73.4 Å². The molecule has 2 aromatic heterocycles. The molecule has 3 heterocycles. The standard InChI is InChI=1S/C20H34N6O4SSi/c1-31(28,29)26-10-5-6-16(26)7-9-21-20(27)24-18-14-22-19-17(23-18)8-11-25(19)15-30-12-13-32(2,3)4/h8,11,14,16H,5-7,9-10,12-13,15H2,1-4H3,(H2,21,23,24,27). The average Bonchev–Trinajstić information content (AvgIpc) is 3.31. The number of sulfonamides is 1. The van der Waals surface area contributed by atoms with Crippen LogP contribution in [0.15, 0.2) is 18.5 Å². The van der Waals surface area contributed by atoms with E-state index in [1.54, 1.807) is 0 Å². The molecule has 2 aromatic rings. The fraction of sp³-hybridized carbons (Fsp3) is 0.650. The van der Waals surface area contributed by atoms with Gasteiger partial charge in [-0.1, -0.05) is 19.6 Å². The lowest BCUT2D eigenvalue weighted by Crippen LogP contribution is -2.38. The number of rotatable bonds is 10. The molecule has 1 atom stereocenters. The predicted molar refractivity (Wildman–Crippen MR) is 128 cm³/mol. The van der Waals surface area contributed by atoms with E-state index in [0.29, 0.717) is 43.2 Å². The van der Waals surface area contributed by atoms with E-state index >= 15 is 0 Å². The second-order valence-electron chi connectivity index (χ2n) is 9.44. The first-order chi connectivity index (χ1) is 15.0. The highest BCUT2D eigenvalue weighted by Gasteiger charge is 2.30. The summed E-state index contributed by atoms with van der Waals surface area (Å²) in [6.07, 6.45) is 6.86. The van der Waals surface area contributed by atoms with Crippen molar-refractivity contribution in [2.45, 2.75) is 57.7 Å². The summed E-state index contributed by atoms with van der Waals surface area (Å²) in [6, 6.07) is 2.49. The highest BCUT2D eigenvalue weighted by Crippen LogP contribution is 2.22. The van der Waals surface area contributed by atoms with Crippen molar-refractivity contribution >= 4 is 41.1 Å². The lowest BCUT2D eigenvalue weighted by atomic mass is 10.1. The molecule has 3 rings (SSSR count). The number of hydrogen-bond donors (Lipinski definition) is 2. The van der Waals surface area contributed by atoms with E-state index in [9.17, 15) is 13.2 Å². The Morgan fingerprint density at radius 1 is 1.34 bits per heavy atom. The monoisotopic (exact) mass is 482 g/mol. The highest BCUT2D eigenvalue weighted by molar-refractivity contribution is 7.88. The molecule has 10 nitrogen and oxygen atoms in total. The van der Waals surface area contributed by atoms with Crippen molar-refractivity contribution in [2.75, 3.05) is 31.3 Å². The van der Waals surface area contributed by atoms with Crippen molar-refractivity contribution in [3.63, 3.8) is 0 Å². The van der Waals surface area contributed by atoms with Crippen LogP contribution in [0.3, 0.4) is 0 Å². The van der Waals surface area contributed by atoms with Gasteiger partial charge in [-0.2, -0.15) is 4.31 Å². The Morgan fingerprint density at radius 3 is 2.84 bits per heavy atom. The zero-order valence-corrected chi connectivity index (χ0v) is 21.1. The molecule has 0 radical (unpaired) electrons. The first kappa shape index (κ1) is 24.6. The number of aromatic nitrogens is 3. The summed E-state index contributed by atoms with van der Waals surface area (Å²) in [7, 11) is -4.33. The number of fused-ring (bicyclic) bond motifs is 1. The Bertz CT molecular complexity index is 1040. The number of hydrogen-bond acceptors (Lipinski definition) is 6. The molecule has 0 spiro atoms. The van der Waals surface area contributed by atoms with E-state index < -0.39 is 24.1 Å². The lowest BCUT2D eigenvalue weighted by Gasteiger charge is -2.22. The molecule has 12 heteroatoms. The first-order valence-electron chi connectivity index (χ1n) is 10.9. The van der Waals surface area contributed by atoms with Crippen LogP contribution in [0.2, 0.25) is 25.7 Å². The lowest BCUT2D eigenvalue weighted by molar-refractivity contribution is 0.0899. The smallest absolute Gasteiger partial charge is 0.320 e. The fourth-order valence-corrected chi connectivity index (χ4v) is 5.68. The van der Waals surface area contributed by atoms with Gasteiger partial charge in [0.05, 0.1) is 12.5 Å². The minimum absolute atomic E-state index is 0.0610. The number of nitrogens with zero attached hydrogens (tertiary/aromatic N) is 4. The van der Waals surface area contributed by atoms with E-state index in [-0.39, 0.29) is 6.04 Å². The Balaban J connectivity index is 1.47. The van der Waals surface area contributed by atoms with Crippen molar-refractivity contribution in [1.29, 1.82) is 0 Å². The highest BCUT2D eigenvalue weighted by atomic mass is 32.2. The van der Waals surface area contributed by atoms with E-state index in [0.717, 1.165) is 25.5 Å². The van der Waals surface area contributed by atoms with Gasteiger partial charge in [-0.15, -0.1) is 0 Å². The van der Waals surface area contributed by atoms with Gasteiger partial charge in [0.2, 0.25) is 10.0 Å². The first-order valence-corrected chi connectivity index (χ1v) is 16.5. The van der Waals surface area contributed by atoms with Gasteiger partial charge >= 0.3 is 6.03 Å². The summed E-state index contributed by atoms with van der Waals surface area (Å²) in [5.74, 6) is 0.353. The SMILES string of the molecule is C[Si](C)(C)CCOCn1ccc2nc(NC(=O)NCCC3CCCN3S(C)(=O)=O)cnc21. The van der Waals surface area contributed by atoms with Crippen molar-refractivity contribution in [3.8, 4) is 0 Å². The average molecular weight is 483 g/mol. The number of ether oxygens (including phenoxy) is 1. The third-order valence-corrected chi connectivity index (χ3v) is 8.48. The molecule has 0 bridgehead atoms. The quantitative estimate of drug-likeness (QED) is 0.397. The Kier molecular flexibility index (Phi) is 7.91. The summed E-state index contributed by atoms with van der Waals surface area (Å²) in [5.41, 5.74) is 1.37. The van der Waals surface area contributed by atoms with Crippen molar-refractivity contribution in [1.82, 2.24) is 24.2 Å². The predicted octanol–water partition coefficient (Wildman–Crippen LogP) is 2.68. The molecule has 0 aliphatic carbocycles. The number of nitrogens with one attached hydrogen (secondary N) is 2. The van der Waals surface area contributed by atoms with E-state index in [1.165, 1.54) is 16.8 Å². The van der Waals surface area contributed by atoms with Gasteiger partial charge in [-0.25, -0.2) is 23.2 Å². The maximum atomic E-state index is 12.2. The molecular weight excluding hydrogens is 448 g/mol. The molecule has 2 N–H and O–H groups in total. The topological polar surface area (TPSA) is 118 Å². The zero-order valence-electron chi connectivity index (χ0n) is 19.3. The van der Waals surface area contributed by atoms with Crippen molar-refractivity contribution in [2.24, 2.45) is 0 Å². The second kappa shape index (κ2) is 10.3. The van der Waals surface area contributed by atoms with Crippen LogP contribution in [0.1, 0.15) is 19.3 Å². The summed E-state index contributed by atoms with van der Waals surface area (Å²) in [4.78, 5) is 21.1. The molecule has 1 saturated heterocycles. The molecule has 1 unspecified atom stereocenters. The zero-order chi connectivity index (χ0) is 23.4. The number of amides is 2. The van der Waals surface area contributed by atoms with Gasteiger partial charge in [-0.3, -0.25) is 5.32 Å². The van der Waals surface area contributed by atoms with Crippen LogP contribution < -0.4 is 10.6 Å². The van der Waals surface area contributed by atoms with E-state index in [4.69, 9.17) is 4.74 Å². The minimum atomic E-state index is -3.21. The Morgan fingerprint density at radius 2 is 2.12 bits per heavy atom. The third-order valence-electron chi connectivity index (χ3n) is 5.44. The van der Waals surface area contributed by atoms with E-state index in [2.05, 4.69) is 40.2 Å². The maximum Gasteiger partial charge on any atom is 0.320 e. The second-order valence-corrected chi connectivity index (χ2v) is 17.0. The molecule has 0 aromatic carbocycles. The molecule has 1 fully saturated rings. The normalized spacial score (nSPS) is 17.7. The molecule has 178 valence electrons. The maximum absolute atomic E-state index is 12.2. The molecule has 1 aliphatic rings. The van der Waals surface area contributed by atoms with Gasteiger partial charge in [0.1, 0.15) is 12.2 Å².